The van der Waals surface area contributed by atoms with Gasteiger partial charge in [0.05, 0.1) is 21.3 Å². The number of ether oxygens (including phenoxy) is 3. The van der Waals surface area contributed by atoms with Crippen LogP contribution in [0, 0.1) is 5.82 Å². The summed E-state index contributed by atoms with van der Waals surface area (Å²) in [4.78, 5) is 0. The van der Waals surface area contributed by atoms with Gasteiger partial charge >= 0.3 is 0 Å². The van der Waals surface area contributed by atoms with E-state index < -0.39 is 0 Å². The first-order valence-corrected chi connectivity index (χ1v) is 6.44. The number of hydrogen-bond acceptors (Lipinski definition) is 4. The Kier molecular flexibility index (Phi) is 4.65. The van der Waals surface area contributed by atoms with E-state index in [1.165, 1.54) is 27.4 Å². The average Bonchev–Trinajstić information content (AvgIpc) is 2.53. The van der Waals surface area contributed by atoms with Gasteiger partial charge in [0.25, 0.3) is 0 Å². The van der Waals surface area contributed by atoms with Gasteiger partial charge in [-0.2, -0.15) is 0 Å². The van der Waals surface area contributed by atoms with E-state index in [9.17, 15) is 4.39 Å². The monoisotopic (exact) mass is 291 g/mol. The summed E-state index contributed by atoms with van der Waals surface area (Å²) in [6.45, 7) is 0.336. The van der Waals surface area contributed by atoms with Crippen molar-refractivity contribution in [3.05, 3.63) is 41.7 Å². The van der Waals surface area contributed by atoms with Crippen LogP contribution in [0.25, 0.3) is 11.1 Å². The van der Waals surface area contributed by atoms with Crippen molar-refractivity contribution < 1.29 is 18.6 Å². The maximum absolute atomic E-state index is 14.2. The highest BCUT2D eigenvalue weighted by Gasteiger charge is 2.19. The van der Waals surface area contributed by atoms with Gasteiger partial charge in [0, 0.05) is 17.7 Å². The van der Waals surface area contributed by atoms with Crippen LogP contribution in [-0.4, -0.2) is 21.3 Å². The summed E-state index contributed by atoms with van der Waals surface area (Å²) < 4.78 is 30.1. The molecule has 112 valence electrons. The molecule has 0 saturated carbocycles. The lowest BCUT2D eigenvalue weighted by molar-refractivity contribution is 0.325. The number of halogens is 1. The third-order valence-corrected chi connectivity index (χ3v) is 3.26. The van der Waals surface area contributed by atoms with Crippen LogP contribution in [0.4, 0.5) is 4.39 Å². The molecule has 2 aromatic rings. The van der Waals surface area contributed by atoms with Crippen LogP contribution in [0.5, 0.6) is 17.2 Å². The summed E-state index contributed by atoms with van der Waals surface area (Å²) in [5, 5.41) is 0. The largest absolute Gasteiger partial charge is 0.493 e. The third-order valence-electron chi connectivity index (χ3n) is 3.26. The molecule has 0 saturated heterocycles. The number of methoxy groups -OCH3 is 3. The SMILES string of the molecule is COc1ccc(-c2cc(CN)ccc2F)c(OC)c1OC. The van der Waals surface area contributed by atoms with Gasteiger partial charge < -0.3 is 19.9 Å². The predicted molar refractivity (Wildman–Crippen MR) is 79.4 cm³/mol. The second kappa shape index (κ2) is 6.45. The van der Waals surface area contributed by atoms with Gasteiger partial charge in [0.15, 0.2) is 11.5 Å². The number of hydrogen-bond donors (Lipinski definition) is 1. The van der Waals surface area contributed by atoms with Crippen LogP contribution in [-0.2, 0) is 6.54 Å². The Labute approximate surface area is 123 Å². The minimum absolute atomic E-state index is 0.336. The third kappa shape index (κ3) is 2.78. The molecule has 0 aliphatic heterocycles. The van der Waals surface area contributed by atoms with Crippen molar-refractivity contribution in [2.75, 3.05) is 21.3 Å². The fraction of sp³-hybridized carbons (Fsp3) is 0.250. The molecule has 0 amide bonds. The van der Waals surface area contributed by atoms with Gasteiger partial charge in [-0.15, -0.1) is 0 Å². The van der Waals surface area contributed by atoms with E-state index in [-0.39, 0.29) is 5.82 Å². The van der Waals surface area contributed by atoms with Crippen LogP contribution < -0.4 is 19.9 Å². The maximum Gasteiger partial charge on any atom is 0.203 e. The molecule has 0 fully saturated rings. The van der Waals surface area contributed by atoms with Crippen molar-refractivity contribution in [3.63, 3.8) is 0 Å². The molecule has 21 heavy (non-hydrogen) atoms. The van der Waals surface area contributed by atoms with Crippen LogP contribution >= 0.6 is 0 Å². The van der Waals surface area contributed by atoms with Crippen molar-refractivity contribution in [2.45, 2.75) is 6.54 Å². The summed E-state index contributed by atoms with van der Waals surface area (Å²) in [5.74, 6) is 1.02. The molecule has 2 aromatic carbocycles. The van der Waals surface area contributed by atoms with Gasteiger partial charge in [-0.05, 0) is 29.8 Å². The second-order valence-corrected chi connectivity index (χ2v) is 4.40. The number of rotatable bonds is 5. The molecule has 0 radical (unpaired) electrons. The molecular weight excluding hydrogens is 273 g/mol. The Hall–Kier alpha value is -2.27. The quantitative estimate of drug-likeness (QED) is 0.920. The van der Waals surface area contributed by atoms with Crippen LogP contribution in [0.1, 0.15) is 5.56 Å². The first-order chi connectivity index (χ1) is 10.2. The van der Waals surface area contributed by atoms with Crippen LogP contribution in [0.2, 0.25) is 0 Å². The molecule has 0 aromatic heterocycles. The topological polar surface area (TPSA) is 53.7 Å². The van der Waals surface area contributed by atoms with E-state index in [4.69, 9.17) is 19.9 Å². The molecule has 0 aliphatic carbocycles. The summed E-state index contributed by atoms with van der Waals surface area (Å²) >= 11 is 0. The van der Waals surface area contributed by atoms with E-state index in [2.05, 4.69) is 0 Å². The Morgan fingerprint density at radius 2 is 1.62 bits per heavy atom. The summed E-state index contributed by atoms with van der Waals surface area (Å²) in [6, 6.07) is 8.21. The number of benzene rings is 2. The average molecular weight is 291 g/mol. The van der Waals surface area contributed by atoms with Gasteiger partial charge in [-0.3, -0.25) is 0 Å². The predicted octanol–water partition coefficient (Wildman–Crippen LogP) is 2.98. The molecular formula is C16H18FNO3. The van der Waals surface area contributed by atoms with E-state index in [0.29, 0.717) is 34.9 Å². The van der Waals surface area contributed by atoms with E-state index in [0.717, 1.165) is 5.56 Å². The van der Waals surface area contributed by atoms with E-state index >= 15 is 0 Å². The number of nitrogens with two attached hydrogens (primary N) is 1. The second-order valence-electron chi connectivity index (χ2n) is 4.40. The molecule has 4 nitrogen and oxygen atoms in total. The van der Waals surface area contributed by atoms with E-state index in [1.807, 2.05) is 0 Å². The molecule has 0 spiro atoms. The first-order valence-electron chi connectivity index (χ1n) is 6.44. The normalized spacial score (nSPS) is 10.3. The van der Waals surface area contributed by atoms with Crippen molar-refractivity contribution in [1.82, 2.24) is 0 Å². The lowest BCUT2D eigenvalue weighted by Gasteiger charge is -2.16. The Balaban J connectivity index is 2.69. The van der Waals surface area contributed by atoms with Crippen molar-refractivity contribution >= 4 is 0 Å². The highest BCUT2D eigenvalue weighted by molar-refractivity contribution is 5.77. The van der Waals surface area contributed by atoms with Crippen molar-refractivity contribution in [1.29, 1.82) is 0 Å². The standard InChI is InChI=1S/C16H18FNO3/c1-19-14-7-5-11(15(20-2)16(14)21-3)12-8-10(9-18)4-6-13(12)17/h4-8H,9,18H2,1-3H3. The maximum atomic E-state index is 14.2. The zero-order valence-corrected chi connectivity index (χ0v) is 12.3. The van der Waals surface area contributed by atoms with Gasteiger partial charge in [-0.25, -0.2) is 4.39 Å². The fourth-order valence-corrected chi connectivity index (χ4v) is 2.22. The zero-order valence-electron chi connectivity index (χ0n) is 12.3. The van der Waals surface area contributed by atoms with Crippen molar-refractivity contribution in [2.24, 2.45) is 5.73 Å². The van der Waals surface area contributed by atoms with Gasteiger partial charge in [-0.1, -0.05) is 6.07 Å². The summed E-state index contributed by atoms with van der Waals surface area (Å²) in [7, 11) is 4.55. The smallest absolute Gasteiger partial charge is 0.203 e. The Morgan fingerprint density at radius 3 is 2.19 bits per heavy atom. The molecule has 2 N–H and O–H groups in total. The Bertz CT molecular complexity index is 644. The minimum Gasteiger partial charge on any atom is -0.493 e. The summed E-state index contributed by atoms with van der Waals surface area (Å²) in [6.07, 6.45) is 0. The van der Waals surface area contributed by atoms with Crippen molar-refractivity contribution in [3.8, 4) is 28.4 Å². The minimum atomic E-state index is -0.349. The molecule has 0 heterocycles. The highest BCUT2D eigenvalue weighted by Crippen LogP contribution is 2.44. The summed E-state index contributed by atoms with van der Waals surface area (Å²) in [5.41, 5.74) is 7.46. The first kappa shape index (κ1) is 15.1. The van der Waals surface area contributed by atoms with Crippen LogP contribution in [0.3, 0.4) is 0 Å². The zero-order chi connectivity index (χ0) is 15.4. The molecule has 5 heteroatoms. The molecule has 0 bridgehead atoms. The molecule has 2 rings (SSSR count). The Morgan fingerprint density at radius 1 is 0.905 bits per heavy atom. The highest BCUT2D eigenvalue weighted by atomic mass is 19.1. The lowest BCUT2D eigenvalue weighted by Crippen LogP contribution is -2.00. The molecule has 0 aliphatic rings. The molecule has 0 unspecified atom stereocenters. The fourth-order valence-electron chi connectivity index (χ4n) is 2.22. The lowest BCUT2D eigenvalue weighted by atomic mass is 10.0. The molecule has 0 atom stereocenters. The van der Waals surface area contributed by atoms with Gasteiger partial charge in [0.2, 0.25) is 5.75 Å². The van der Waals surface area contributed by atoms with Gasteiger partial charge in [0.1, 0.15) is 5.82 Å². The van der Waals surface area contributed by atoms with E-state index in [1.54, 1.807) is 24.3 Å². The van der Waals surface area contributed by atoms with Crippen LogP contribution in [0.15, 0.2) is 30.3 Å².